The molecule has 4 heterocycles. The van der Waals surface area contributed by atoms with Gasteiger partial charge in [0.15, 0.2) is 11.5 Å². The third-order valence-corrected chi connectivity index (χ3v) is 10.9. The Labute approximate surface area is 315 Å². The number of hydrogen-bond donors (Lipinski definition) is 0. The minimum absolute atomic E-state index is 0.471. The molecule has 0 saturated heterocycles. The normalized spacial score (nSPS) is 12.8. The average molecular weight is 707 g/mol. The number of para-hydroxylation sites is 1. The van der Waals surface area contributed by atoms with Crippen molar-refractivity contribution in [1.29, 1.82) is 0 Å². The summed E-state index contributed by atoms with van der Waals surface area (Å²) in [6.07, 6.45) is 2.70. The summed E-state index contributed by atoms with van der Waals surface area (Å²) < 4.78 is 4.34. The Morgan fingerprint density at radius 2 is 1.22 bits per heavy atom. The molecular weight excluding hydrogens is 665 g/mol. The molecule has 0 bridgehead atoms. The molecule has 0 amide bonds. The minimum Gasteiger partial charge on any atom is -0.333 e. The molecule has 3 aromatic heterocycles. The first kappa shape index (κ1) is 33.4. The van der Waals surface area contributed by atoms with Crippen LogP contribution in [0.1, 0.15) is 63.2 Å². The van der Waals surface area contributed by atoms with Crippen LogP contribution in [-0.2, 0) is 37.9 Å². The third kappa shape index (κ3) is 5.66. The Balaban J connectivity index is 1.18. The highest BCUT2D eigenvalue weighted by Crippen LogP contribution is 2.43. The second-order valence-corrected chi connectivity index (χ2v) is 14.2. The molecule has 9 rings (SSSR count). The smallest absolute Gasteiger partial charge is 0.172 e. The van der Waals surface area contributed by atoms with E-state index in [1.165, 1.54) is 33.6 Å². The SMILES string of the molecule is CCc1nc2c(C)cc(C)nc2n1Cc1ccc2c(c1)CCc1ccccc1N2Cc1nnnn1C(c1ccccc1)(c1ccccc1)c1ccccc1. The van der Waals surface area contributed by atoms with E-state index in [1.807, 2.05) is 4.68 Å². The lowest BCUT2D eigenvalue weighted by Crippen LogP contribution is -2.40. The quantitative estimate of drug-likeness (QED) is 0.140. The van der Waals surface area contributed by atoms with Crippen LogP contribution in [0.15, 0.2) is 140 Å². The zero-order chi connectivity index (χ0) is 36.6. The second kappa shape index (κ2) is 13.9. The third-order valence-electron chi connectivity index (χ3n) is 10.9. The Kier molecular flexibility index (Phi) is 8.58. The van der Waals surface area contributed by atoms with Gasteiger partial charge in [0.2, 0.25) is 0 Å². The number of rotatable bonds is 9. The van der Waals surface area contributed by atoms with Crippen LogP contribution < -0.4 is 4.90 Å². The maximum absolute atomic E-state index is 5.02. The molecular formula is C46H42N8. The summed E-state index contributed by atoms with van der Waals surface area (Å²) in [5.41, 5.74) is 12.7. The van der Waals surface area contributed by atoms with Gasteiger partial charge in [-0.2, -0.15) is 0 Å². The fourth-order valence-electron chi connectivity index (χ4n) is 8.43. The number of tetrazole rings is 1. The molecule has 0 saturated carbocycles. The molecule has 5 aromatic carbocycles. The van der Waals surface area contributed by atoms with Gasteiger partial charge in [0.05, 0.1) is 13.1 Å². The lowest BCUT2D eigenvalue weighted by atomic mass is 9.77. The van der Waals surface area contributed by atoms with Crippen LogP contribution >= 0.6 is 0 Å². The van der Waals surface area contributed by atoms with Crippen molar-refractivity contribution in [2.24, 2.45) is 0 Å². The van der Waals surface area contributed by atoms with Gasteiger partial charge in [-0.3, -0.25) is 0 Å². The average Bonchev–Trinajstić information content (AvgIpc) is 3.78. The van der Waals surface area contributed by atoms with Gasteiger partial charge in [0.25, 0.3) is 0 Å². The van der Waals surface area contributed by atoms with E-state index in [9.17, 15) is 0 Å². The predicted octanol–water partition coefficient (Wildman–Crippen LogP) is 8.92. The van der Waals surface area contributed by atoms with Crippen LogP contribution in [0.3, 0.4) is 0 Å². The van der Waals surface area contributed by atoms with Gasteiger partial charge in [0.1, 0.15) is 16.9 Å². The number of nitrogens with zero attached hydrogens (tertiary/aromatic N) is 8. The number of pyridine rings is 1. The number of anilines is 2. The highest BCUT2D eigenvalue weighted by Gasteiger charge is 2.42. The summed E-state index contributed by atoms with van der Waals surface area (Å²) in [6.45, 7) is 7.54. The zero-order valence-electron chi connectivity index (χ0n) is 30.9. The summed E-state index contributed by atoms with van der Waals surface area (Å²) in [5.74, 6) is 1.81. The van der Waals surface area contributed by atoms with Crippen molar-refractivity contribution in [1.82, 2.24) is 34.7 Å². The van der Waals surface area contributed by atoms with Gasteiger partial charge in [-0.25, -0.2) is 14.6 Å². The van der Waals surface area contributed by atoms with Crippen LogP contribution in [-0.4, -0.2) is 34.7 Å². The van der Waals surface area contributed by atoms with Crippen molar-refractivity contribution in [3.63, 3.8) is 0 Å². The summed E-state index contributed by atoms with van der Waals surface area (Å²) >= 11 is 0. The largest absolute Gasteiger partial charge is 0.333 e. The zero-order valence-corrected chi connectivity index (χ0v) is 30.9. The first-order valence-electron chi connectivity index (χ1n) is 18.8. The van der Waals surface area contributed by atoms with E-state index in [4.69, 9.17) is 20.3 Å². The summed E-state index contributed by atoms with van der Waals surface area (Å²) in [6, 6.07) is 49.6. The van der Waals surface area contributed by atoms with E-state index in [2.05, 4.69) is 175 Å². The molecule has 0 atom stereocenters. The van der Waals surface area contributed by atoms with E-state index < -0.39 is 5.54 Å². The molecule has 266 valence electrons. The molecule has 0 unspecified atom stereocenters. The van der Waals surface area contributed by atoms with Gasteiger partial charge in [-0.05, 0) is 94.3 Å². The monoisotopic (exact) mass is 706 g/mol. The first-order chi connectivity index (χ1) is 26.5. The first-order valence-corrected chi connectivity index (χ1v) is 18.8. The van der Waals surface area contributed by atoms with Crippen molar-refractivity contribution < 1.29 is 0 Å². The van der Waals surface area contributed by atoms with E-state index in [0.29, 0.717) is 13.1 Å². The highest BCUT2D eigenvalue weighted by atomic mass is 15.6. The number of fused-ring (bicyclic) bond motifs is 3. The van der Waals surface area contributed by atoms with E-state index >= 15 is 0 Å². The van der Waals surface area contributed by atoms with Gasteiger partial charge in [0, 0.05) is 23.5 Å². The Morgan fingerprint density at radius 1 is 0.611 bits per heavy atom. The molecule has 1 aliphatic rings. The molecule has 54 heavy (non-hydrogen) atoms. The van der Waals surface area contributed by atoms with Crippen molar-refractivity contribution in [2.75, 3.05) is 4.90 Å². The van der Waals surface area contributed by atoms with Crippen LogP contribution in [0.2, 0.25) is 0 Å². The molecule has 8 aromatic rings. The van der Waals surface area contributed by atoms with E-state index in [0.717, 1.165) is 64.5 Å². The molecule has 1 aliphatic heterocycles. The number of aromatic nitrogens is 7. The van der Waals surface area contributed by atoms with Gasteiger partial charge in [-0.15, -0.1) is 5.10 Å². The molecule has 8 heteroatoms. The molecule has 8 nitrogen and oxygen atoms in total. The van der Waals surface area contributed by atoms with E-state index in [1.54, 1.807) is 0 Å². The van der Waals surface area contributed by atoms with Crippen LogP contribution in [0.4, 0.5) is 11.4 Å². The molecule has 0 spiro atoms. The predicted molar refractivity (Wildman–Crippen MR) is 214 cm³/mol. The standard InChI is InChI=1S/C46H42N8/c1-4-42-48-44-32(2)28-33(3)47-45(44)53(42)30-34-24-27-41-36(29-34)26-25-35-16-14-15-23-40(35)52(41)31-43-49-50-51-54(43)46(37-17-8-5-9-18-37,38-19-10-6-11-20-38)39-21-12-7-13-22-39/h5-24,27-29H,4,25-26,30-31H2,1-3H3. The Bertz CT molecular complexity index is 2480. The molecule has 0 fully saturated rings. The summed E-state index contributed by atoms with van der Waals surface area (Å²) in [5, 5.41) is 14.0. The topological polar surface area (TPSA) is 77.6 Å². The van der Waals surface area contributed by atoms with Crippen molar-refractivity contribution in [3.05, 3.63) is 196 Å². The lowest BCUT2D eigenvalue weighted by molar-refractivity contribution is 0.430. The van der Waals surface area contributed by atoms with Crippen LogP contribution in [0.25, 0.3) is 11.2 Å². The lowest BCUT2D eigenvalue weighted by Gasteiger charge is -2.37. The van der Waals surface area contributed by atoms with Gasteiger partial charge in [-0.1, -0.05) is 128 Å². The molecule has 0 aliphatic carbocycles. The number of imidazole rings is 1. The fourth-order valence-corrected chi connectivity index (χ4v) is 8.43. The highest BCUT2D eigenvalue weighted by molar-refractivity contribution is 5.76. The second-order valence-electron chi connectivity index (χ2n) is 14.2. The molecule has 0 N–H and O–H groups in total. The number of benzene rings is 5. The van der Waals surface area contributed by atoms with Crippen LogP contribution in [0, 0.1) is 13.8 Å². The Hall–Kier alpha value is -6.41. The number of aryl methyl sites for hydroxylation is 5. The van der Waals surface area contributed by atoms with Gasteiger partial charge < -0.3 is 9.47 Å². The summed E-state index contributed by atoms with van der Waals surface area (Å²) in [4.78, 5) is 12.4. The fraction of sp³-hybridized carbons (Fsp3) is 0.196. The van der Waals surface area contributed by atoms with Crippen LogP contribution in [0.5, 0.6) is 0 Å². The van der Waals surface area contributed by atoms with Crippen molar-refractivity contribution >= 4 is 22.5 Å². The van der Waals surface area contributed by atoms with E-state index in [-0.39, 0.29) is 0 Å². The maximum atomic E-state index is 5.02. The van der Waals surface area contributed by atoms with Gasteiger partial charge >= 0.3 is 0 Å². The van der Waals surface area contributed by atoms with Crippen molar-refractivity contribution in [2.45, 2.75) is 58.7 Å². The minimum atomic E-state index is -0.823. The number of hydrogen-bond acceptors (Lipinski definition) is 6. The Morgan fingerprint density at radius 3 is 1.89 bits per heavy atom. The van der Waals surface area contributed by atoms with Crippen molar-refractivity contribution in [3.8, 4) is 0 Å². The maximum Gasteiger partial charge on any atom is 0.172 e. The molecule has 0 radical (unpaired) electrons. The summed E-state index contributed by atoms with van der Waals surface area (Å²) in [7, 11) is 0.